The maximum Gasteiger partial charge on any atom is 0.338 e. The maximum absolute atomic E-state index is 13.2. The van der Waals surface area contributed by atoms with Crippen molar-refractivity contribution in [2.24, 2.45) is 0 Å². The van der Waals surface area contributed by atoms with Crippen molar-refractivity contribution in [3.63, 3.8) is 0 Å². The SMILES string of the molecule is CC(OC(=O)c1cccc(S(=O)(=O)N2CCc3ccccc32)c1)C(=O)Nc1ccc([N+](=O)[O-])cc1. The first kappa shape index (κ1) is 23.9. The van der Waals surface area contributed by atoms with Crippen LogP contribution in [0.1, 0.15) is 22.8 Å². The van der Waals surface area contributed by atoms with E-state index in [4.69, 9.17) is 4.74 Å². The summed E-state index contributed by atoms with van der Waals surface area (Å²) in [7, 11) is -3.90. The molecule has 0 aromatic heterocycles. The Morgan fingerprint density at radius 3 is 2.49 bits per heavy atom. The molecule has 10 nitrogen and oxygen atoms in total. The van der Waals surface area contributed by atoms with Crippen LogP contribution >= 0.6 is 0 Å². The van der Waals surface area contributed by atoms with Crippen molar-refractivity contribution in [2.75, 3.05) is 16.2 Å². The third kappa shape index (κ3) is 4.99. The van der Waals surface area contributed by atoms with E-state index in [0.717, 1.165) is 5.56 Å². The van der Waals surface area contributed by atoms with Crippen molar-refractivity contribution in [3.05, 3.63) is 94.0 Å². The molecule has 1 aliphatic heterocycles. The van der Waals surface area contributed by atoms with Gasteiger partial charge in [0.05, 0.1) is 21.1 Å². The summed E-state index contributed by atoms with van der Waals surface area (Å²) in [5, 5.41) is 13.2. The predicted molar refractivity (Wildman–Crippen MR) is 128 cm³/mol. The lowest BCUT2D eigenvalue weighted by molar-refractivity contribution is -0.384. The molecule has 0 saturated carbocycles. The van der Waals surface area contributed by atoms with Crippen LogP contribution in [-0.4, -0.2) is 37.9 Å². The molecular formula is C24H21N3O7S. The number of rotatable bonds is 7. The standard InChI is InChI=1S/C24H21N3O7S/c1-16(23(28)25-19-9-11-20(12-10-19)27(30)31)34-24(29)18-6-4-7-21(15-18)35(32,33)26-14-13-17-5-2-3-8-22(17)26/h2-12,15-16H,13-14H2,1H3,(H,25,28). The molecule has 35 heavy (non-hydrogen) atoms. The van der Waals surface area contributed by atoms with Crippen LogP contribution in [0.4, 0.5) is 17.1 Å². The highest BCUT2D eigenvalue weighted by atomic mass is 32.2. The summed E-state index contributed by atoms with van der Waals surface area (Å²) in [4.78, 5) is 35.1. The first-order valence-electron chi connectivity index (χ1n) is 10.6. The predicted octanol–water partition coefficient (Wildman–Crippen LogP) is 3.53. The van der Waals surface area contributed by atoms with E-state index in [0.29, 0.717) is 24.3 Å². The van der Waals surface area contributed by atoms with Crippen molar-refractivity contribution >= 4 is 39.0 Å². The minimum absolute atomic E-state index is 0.0199. The summed E-state index contributed by atoms with van der Waals surface area (Å²) >= 11 is 0. The van der Waals surface area contributed by atoms with Crippen LogP contribution in [0.5, 0.6) is 0 Å². The number of non-ortho nitro benzene ring substituents is 1. The van der Waals surface area contributed by atoms with E-state index in [1.165, 1.54) is 59.8 Å². The van der Waals surface area contributed by atoms with Gasteiger partial charge in [-0.25, -0.2) is 13.2 Å². The van der Waals surface area contributed by atoms with Gasteiger partial charge < -0.3 is 10.1 Å². The minimum atomic E-state index is -3.90. The Hall–Kier alpha value is -4.25. The zero-order valence-electron chi connectivity index (χ0n) is 18.6. The number of amides is 1. The van der Waals surface area contributed by atoms with Crippen molar-refractivity contribution in [1.82, 2.24) is 0 Å². The molecule has 0 saturated heterocycles. The second kappa shape index (κ2) is 9.55. The number of benzene rings is 3. The van der Waals surface area contributed by atoms with E-state index < -0.39 is 32.9 Å². The third-order valence-corrected chi connectivity index (χ3v) is 7.31. The average molecular weight is 496 g/mol. The molecule has 0 aliphatic carbocycles. The van der Waals surface area contributed by atoms with Gasteiger partial charge in [0.2, 0.25) is 0 Å². The van der Waals surface area contributed by atoms with E-state index in [-0.39, 0.29) is 16.1 Å². The van der Waals surface area contributed by atoms with Gasteiger partial charge in [-0.15, -0.1) is 0 Å². The van der Waals surface area contributed by atoms with Gasteiger partial charge in [0, 0.05) is 24.4 Å². The Labute approximate surface area is 201 Å². The number of para-hydroxylation sites is 1. The quantitative estimate of drug-likeness (QED) is 0.301. The van der Waals surface area contributed by atoms with Crippen molar-refractivity contribution < 1.29 is 27.7 Å². The molecule has 1 atom stereocenters. The lowest BCUT2D eigenvalue weighted by atomic mass is 10.2. The van der Waals surface area contributed by atoms with Gasteiger partial charge in [-0.2, -0.15) is 0 Å². The van der Waals surface area contributed by atoms with Crippen LogP contribution in [-0.2, 0) is 26.0 Å². The van der Waals surface area contributed by atoms with Gasteiger partial charge in [0.15, 0.2) is 6.10 Å². The number of fused-ring (bicyclic) bond motifs is 1. The Kier molecular flexibility index (Phi) is 6.52. The van der Waals surface area contributed by atoms with E-state index in [1.54, 1.807) is 12.1 Å². The fourth-order valence-corrected chi connectivity index (χ4v) is 5.21. The highest BCUT2D eigenvalue weighted by molar-refractivity contribution is 7.92. The number of nitrogens with one attached hydrogen (secondary N) is 1. The number of hydrogen-bond acceptors (Lipinski definition) is 7. The lowest BCUT2D eigenvalue weighted by Gasteiger charge is -2.20. The number of carbonyl (C=O) groups is 2. The molecule has 1 amide bonds. The van der Waals surface area contributed by atoms with Crippen molar-refractivity contribution in [3.8, 4) is 0 Å². The second-order valence-corrected chi connectivity index (χ2v) is 9.69. The first-order chi connectivity index (χ1) is 16.7. The van der Waals surface area contributed by atoms with Gasteiger partial charge in [0.25, 0.3) is 21.6 Å². The van der Waals surface area contributed by atoms with Crippen LogP contribution in [0.2, 0.25) is 0 Å². The van der Waals surface area contributed by atoms with E-state index in [2.05, 4.69) is 5.32 Å². The topological polar surface area (TPSA) is 136 Å². The van der Waals surface area contributed by atoms with Gasteiger partial charge in [-0.3, -0.25) is 19.2 Å². The number of esters is 1. The van der Waals surface area contributed by atoms with Crippen molar-refractivity contribution in [1.29, 1.82) is 0 Å². The molecule has 0 fully saturated rings. The number of nitro groups is 1. The summed E-state index contributed by atoms with van der Waals surface area (Å²) in [6, 6.07) is 17.9. The highest BCUT2D eigenvalue weighted by Crippen LogP contribution is 2.32. The summed E-state index contributed by atoms with van der Waals surface area (Å²) < 4.78 is 33.0. The number of carbonyl (C=O) groups excluding carboxylic acids is 2. The van der Waals surface area contributed by atoms with Crippen LogP contribution in [0.3, 0.4) is 0 Å². The van der Waals surface area contributed by atoms with Crippen LogP contribution in [0.25, 0.3) is 0 Å². The summed E-state index contributed by atoms with van der Waals surface area (Å²) in [6.07, 6.45) is -0.609. The number of ether oxygens (including phenoxy) is 1. The second-order valence-electron chi connectivity index (χ2n) is 7.82. The third-order valence-electron chi connectivity index (χ3n) is 5.50. The zero-order chi connectivity index (χ0) is 25.2. The number of hydrogen-bond donors (Lipinski definition) is 1. The van der Waals surface area contributed by atoms with Gasteiger partial charge in [-0.05, 0) is 55.3 Å². The number of sulfonamides is 1. The average Bonchev–Trinajstić information content (AvgIpc) is 3.29. The molecule has 11 heteroatoms. The normalized spacial score (nSPS) is 13.6. The summed E-state index contributed by atoms with van der Waals surface area (Å²) in [6.45, 7) is 1.66. The van der Waals surface area contributed by atoms with Gasteiger partial charge in [-0.1, -0.05) is 24.3 Å². The summed E-state index contributed by atoms with van der Waals surface area (Å²) in [5.41, 5.74) is 1.68. The van der Waals surface area contributed by atoms with Gasteiger partial charge >= 0.3 is 5.97 Å². The maximum atomic E-state index is 13.2. The Morgan fingerprint density at radius 1 is 1.06 bits per heavy atom. The van der Waals surface area contributed by atoms with E-state index in [9.17, 15) is 28.1 Å². The minimum Gasteiger partial charge on any atom is -0.449 e. The smallest absolute Gasteiger partial charge is 0.338 e. The van der Waals surface area contributed by atoms with E-state index >= 15 is 0 Å². The number of anilines is 2. The Balaban J connectivity index is 1.45. The van der Waals surface area contributed by atoms with Crippen LogP contribution in [0.15, 0.2) is 77.7 Å². The molecular weight excluding hydrogens is 474 g/mol. The molecule has 180 valence electrons. The highest BCUT2D eigenvalue weighted by Gasteiger charge is 2.31. The number of nitrogens with zero attached hydrogens (tertiary/aromatic N) is 2. The van der Waals surface area contributed by atoms with Crippen LogP contribution in [0, 0.1) is 10.1 Å². The molecule has 1 heterocycles. The Morgan fingerprint density at radius 2 is 1.77 bits per heavy atom. The van der Waals surface area contributed by atoms with Crippen molar-refractivity contribution in [2.45, 2.75) is 24.3 Å². The first-order valence-corrected chi connectivity index (χ1v) is 12.1. The van der Waals surface area contributed by atoms with Gasteiger partial charge in [0.1, 0.15) is 0 Å². The zero-order valence-corrected chi connectivity index (χ0v) is 19.4. The molecule has 1 N–H and O–H groups in total. The molecule has 0 spiro atoms. The lowest BCUT2D eigenvalue weighted by Crippen LogP contribution is -2.30. The fourth-order valence-electron chi connectivity index (χ4n) is 3.66. The van der Waals surface area contributed by atoms with Crippen LogP contribution < -0.4 is 9.62 Å². The molecule has 0 bridgehead atoms. The molecule has 3 aromatic carbocycles. The molecule has 1 unspecified atom stereocenters. The van der Waals surface area contributed by atoms with E-state index in [1.807, 2.05) is 12.1 Å². The number of nitro benzene ring substituents is 1. The largest absolute Gasteiger partial charge is 0.449 e. The molecule has 1 aliphatic rings. The molecule has 3 aromatic rings. The monoisotopic (exact) mass is 495 g/mol. The molecule has 4 rings (SSSR count). The summed E-state index contributed by atoms with van der Waals surface area (Å²) in [5.74, 6) is -1.51. The Bertz CT molecular complexity index is 1400. The molecule has 0 radical (unpaired) electrons. The fraction of sp³-hybridized carbons (Fsp3) is 0.167.